The highest BCUT2D eigenvalue weighted by Gasteiger charge is 2.07. The summed E-state index contributed by atoms with van der Waals surface area (Å²) >= 11 is 5.98. The van der Waals surface area contributed by atoms with Gasteiger partial charge in [-0.3, -0.25) is 4.79 Å². The number of benzene rings is 3. The third-order valence-corrected chi connectivity index (χ3v) is 4.07. The minimum absolute atomic E-state index is 0.0360. The number of rotatable bonds is 6. The smallest absolute Gasteiger partial charge is 0.187 e. The zero-order valence-corrected chi connectivity index (χ0v) is 14.4. The van der Waals surface area contributed by atoms with Crippen molar-refractivity contribution >= 4 is 23.1 Å². The van der Waals surface area contributed by atoms with Gasteiger partial charge in [0.05, 0.1) is 0 Å². The molecule has 0 spiro atoms. The summed E-state index contributed by atoms with van der Waals surface area (Å²) in [4.78, 5) is 12.6. The molecule has 2 nitrogen and oxygen atoms in total. The summed E-state index contributed by atoms with van der Waals surface area (Å²) in [6.07, 6.45) is 1.64. The Morgan fingerprint density at radius 3 is 2.04 bits per heavy atom. The maximum atomic E-state index is 12.6. The average molecular weight is 348 g/mol. The van der Waals surface area contributed by atoms with E-state index in [9.17, 15) is 4.79 Å². The SMILES string of the molecule is O=C(/C=C(/NCc1ccccc1)c1ccc(Cl)cc1)c1ccccc1. The number of hydrogen-bond donors (Lipinski definition) is 1. The van der Waals surface area contributed by atoms with Crippen molar-refractivity contribution in [2.24, 2.45) is 0 Å². The molecule has 0 aromatic heterocycles. The summed E-state index contributed by atoms with van der Waals surface area (Å²) in [6, 6.07) is 26.8. The number of halogens is 1. The Morgan fingerprint density at radius 2 is 1.40 bits per heavy atom. The van der Waals surface area contributed by atoms with Crippen molar-refractivity contribution in [1.82, 2.24) is 5.32 Å². The quantitative estimate of drug-likeness (QED) is 0.481. The van der Waals surface area contributed by atoms with Gasteiger partial charge in [0, 0.05) is 28.9 Å². The van der Waals surface area contributed by atoms with E-state index in [1.807, 2.05) is 84.9 Å². The summed E-state index contributed by atoms with van der Waals surface area (Å²) in [5.41, 5.74) is 3.50. The summed E-state index contributed by atoms with van der Waals surface area (Å²) < 4.78 is 0. The third kappa shape index (κ3) is 4.82. The van der Waals surface area contributed by atoms with Crippen LogP contribution in [0.3, 0.4) is 0 Å². The largest absolute Gasteiger partial charge is 0.380 e. The summed E-state index contributed by atoms with van der Waals surface area (Å²) in [5, 5.41) is 4.04. The van der Waals surface area contributed by atoms with E-state index in [0.717, 1.165) is 16.8 Å². The highest BCUT2D eigenvalue weighted by molar-refractivity contribution is 6.30. The zero-order chi connectivity index (χ0) is 17.5. The lowest BCUT2D eigenvalue weighted by Crippen LogP contribution is -2.13. The monoisotopic (exact) mass is 347 g/mol. The molecule has 124 valence electrons. The summed E-state index contributed by atoms with van der Waals surface area (Å²) in [5.74, 6) is -0.0360. The number of nitrogens with one attached hydrogen (secondary N) is 1. The fraction of sp³-hybridized carbons (Fsp3) is 0.0455. The highest BCUT2D eigenvalue weighted by atomic mass is 35.5. The summed E-state index contributed by atoms with van der Waals surface area (Å²) in [6.45, 7) is 0.636. The van der Waals surface area contributed by atoms with Crippen LogP contribution in [0.15, 0.2) is 91.0 Å². The fourth-order valence-electron chi connectivity index (χ4n) is 2.48. The second-order valence-electron chi connectivity index (χ2n) is 5.63. The van der Waals surface area contributed by atoms with Crippen molar-refractivity contribution in [3.8, 4) is 0 Å². The van der Waals surface area contributed by atoms with E-state index in [-0.39, 0.29) is 5.78 Å². The van der Waals surface area contributed by atoms with E-state index >= 15 is 0 Å². The van der Waals surface area contributed by atoms with Gasteiger partial charge in [-0.15, -0.1) is 0 Å². The molecule has 0 aliphatic carbocycles. The van der Waals surface area contributed by atoms with Gasteiger partial charge < -0.3 is 5.32 Å². The standard InChI is InChI=1S/C22H18ClNO/c23-20-13-11-18(12-14-20)21(24-16-17-7-3-1-4-8-17)15-22(25)19-9-5-2-6-10-19/h1-15,24H,16H2/b21-15+. The van der Waals surface area contributed by atoms with Crippen LogP contribution in [-0.4, -0.2) is 5.78 Å². The number of ketones is 1. The molecule has 0 bridgehead atoms. The topological polar surface area (TPSA) is 29.1 Å². The number of carbonyl (C=O) groups is 1. The van der Waals surface area contributed by atoms with E-state index in [1.165, 1.54) is 0 Å². The van der Waals surface area contributed by atoms with Gasteiger partial charge in [-0.25, -0.2) is 0 Å². The van der Waals surface area contributed by atoms with Crippen molar-refractivity contribution in [3.05, 3.63) is 113 Å². The van der Waals surface area contributed by atoms with Crippen LogP contribution in [0.25, 0.3) is 5.70 Å². The normalized spacial score (nSPS) is 11.2. The molecule has 3 heteroatoms. The molecule has 0 heterocycles. The van der Waals surface area contributed by atoms with Crippen LogP contribution < -0.4 is 5.32 Å². The van der Waals surface area contributed by atoms with Gasteiger partial charge in [0.2, 0.25) is 0 Å². The van der Waals surface area contributed by atoms with Gasteiger partial charge in [-0.1, -0.05) is 84.4 Å². The first-order chi connectivity index (χ1) is 12.2. The molecular weight excluding hydrogens is 330 g/mol. The van der Waals surface area contributed by atoms with Gasteiger partial charge in [0.1, 0.15) is 0 Å². The number of carbonyl (C=O) groups excluding carboxylic acids is 1. The van der Waals surface area contributed by atoms with Crippen LogP contribution in [0.4, 0.5) is 0 Å². The average Bonchev–Trinajstić information content (AvgIpc) is 2.67. The van der Waals surface area contributed by atoms with E-state index in [0.29, 0.717) is 17.1 Å². The molecule has 0 aliphatic rings. The van der Waals surface area contributed by atoms with Gasteiger partial charge in [-0.2, -0.15) is 0 Å². The molecule has 3 aromatic rings. The molecule has 0 aliphatic heterocycles. The van der Waals surface area contributed by atoms with Crippen LogP contribution >= 0.6 is 11.6 Å². The molecule has 25 heavy (non-hydrogen) atoms. The Balaban J connectivity index is 1.87. The van der Waals surface area contributed by atoms with Crippen LogP contribution in [0.5, 0.6) is 0 Å². The molecule has 0 fully saturated rings. The molecule has 0 saturated carbocycles. The maximum Gasteiger partial charge on any atom is 0.187 e. The fourth-order valence-corrected chi connectivity index (χ4v) is 2.60. The van der Waals surface area contributed by atoms with Crippen molar-refractivity contribution in [3.63, 3.8) is 0 Å². The number of hydrogen-bond acceptors (Lipinski definition) is 2. The van der Waals surface area contributed by atoms with Crippen LogP contribution in [-0.2, 0) is 6.54 Å². The molecule has 1 N–H and O–H groups in total. The van der Waals surface area contributed by atoms with Gasteiger partial charge in [0.25, 0.3) is 0 Å². The molecule has 0 radical (unpaired) electrons. The second-order valence-corrected chi connectivity index (χ2v) is 6.07. The molecule has 0 unspecified atom stereocenters. The zero-order valence-electron chi connectivity index (χ0n) is 13.7. The van der Waals surface area contributed by atoms with Crippen LogP contribution in [0.1, 0.15) is 21.5 Å². The van der Waals surface area contributed by atoms with Crippen molar-refractivity contribution < 1.29 is 4.79 Å². The minimum atomic E-state index is -0.0360. The lowest BCUT2D eigenvalue weighted by molar-refractivity contribution is 0.104. The lowest BCUT2D eigenvalue weighted by atomic mass is 10.1. The second kappa shape index (κ2) is 8.32. The Morgan fingerprint density at radius 1 is 0.800 bits per heavy atom. The number of allylic oxidation sites excluding steroid dienone is 1. The predicted molar refractivity (Wildman–Crippen MR) is 103 cm³/mol. The first-order valence-corrected chi connectivity index (χ1v) is 8.45. The van der Waals surface area contributed by atoms with Gasteiger partial charge >= 0.3 is 0 Å². The van der Waals surface area contributed by atoms with Gasteiger partial charge in [0.15, 0.2) is 5.78 Å². The summed E-state index contributed by atoms with van der Waals surface area (Å²) in [7, 11) is 0. The Hall–Kier alpha value is -2.84. The highest BCUT2D eigenvalue weighted by Crippen LogP contribution is 2.17. The van der Waals surface area contributed by atoms with E-state index < -0.39 is 0 Å². The van der Waals surface area contributed by atoms with Crippen molar-refractivity contribution in [2.45, 2.75) is 6.54 Å². The first-order valence-electron chi connectivity index (χ1n) is 8.07. The first kappa shape index (κ1) is 17.0. The van der Waals surface area contributed by atoms with E-state index in [1.54, 1.807) is 6.08 Å². The molecule has 0 atom stereocenters. The molecule has 0 saturated heterocycles. The Kier molecular flexibility index (Phi) is 5.65. The van der Waals surface area contributed by atoms with E-state index in [4.69, 9.17) is 11.6 Å². The van der Waals surface area contributed by atoms with Crippen molar-refractivity contribution in [2.75, 3.05) is 0 Å². The maximum absolute atomic E-state index is 12.6. The molecule has 0 amide bonds. The Labute approximate surface area is 152 Å². The minimum Gasteiger partial charge on any atom is -0.380 e. The predicted octanol–water partition coefficient (Wildman–Crippen LogP) is 5.35. The third-order valence-electron chi connectivity index (χ3n) is 3.81. The molecule has 3 aromatic carbocycles. The molecule has 3 rings (SSSR count). The Bertz CT molecular complexity index is 856. The van der Waals surface area contributed by atoms with Crippen LogP contribution in [0.2, 0.25) is 5.02 Å². The van der Waals surface area contributed by atoms with Crippen LogP contribution in [0, 0.1) is 0 Å². The van der Waals surface area contributed by atoms with Crippen molar-refractivity contribution in [1.29, 1.82) is 0 Å². The molecular formula is C22H18ClNO. The van der Waals surface area contributed by atoms with Gasteiger partial charge in [-0.05, 0) is 23.3 Å². The van der Waals surface area contributed by atoms with E-state index in [2.05, 4.69) is 5.32 Å². The lowest BCUT2D eigenvalue weighted by Gasteiger charge is -2.12.